The minimum absolute atomic E-state index is 0.545. The summed E-state index contributed by atoms with van der Waals surface area (Å²) in [4.78, 5) is 3.66. The van der Waals surface area contributed by atoms with E-state index < -0.39 is 11.8 Å². The van der Waals surface area contributed by atoms with Crippen LogP contribution >= 0.6 is 0 Å². The Morgan fingerprint density at radius 1 is 1.27 bits per heavy atom. The number of nitrogens with zero attached hydrogens (tertiary/aromatic N) is 2. The molecule has 0 aliphatic rings. The molecule has 0 saturated heterocycles. The van der Waals surface area contributed by atoms with Crippen LogP contribution in [0.25, 0.3) is 5.52 Å². The van der Waals surface area contributed by atoms with Gasteiger partial charge in [0.05, 0.1) is 11.7 Å². The van der Waals surface area contributed by atoms with Gasteiger partial charge in [-0.15, -0.1) is 0 Å². The molecule has 0 spiro atoms. The minimum atomic E-state index is -0.903. The lowest BCUT2D eigenvalue weighted by Gasteiger charge is -1.95. The van der Waals surface area contributed by atoms with E-state index in [4.69, 9.17) is 0 Å². The molecule has 56 valence electrons. The third kappa shape index (κ3) is 0.790. The summed E-state index contributed by atoms with van der Waals surface area (Å²) >= 11 is 0. The number of imidazole rings is 1. The zero-order chi connectivity index (χ0) is 7.84. The maximum Gasteiger partial charge on any atom is 0.235 e. The van der Waals surface area contributed by atoms with Gasteiger partial charge in [0.25, 0.3) is 0 Å². The highest BCUT2D eigenvalue weighted by Crippen LogP contribution is 2.08. The summed E-state index contributed by atoms with van der Waals surface area (Å²) in [7, 11) is 0. The molecule has 0 radical (unpaired) electrons. The molecule has 0 N–H and O–H groups in total. The number of aromatic nitrogens is 2. The van der Waals surface area contributed by atoms with Crippen molar-refractivity contribution in [1.29, 1.82) is 0 Å². The van der Waals surface area contributed by atoms with E-state index in [-0.39, 0.29) is 0 Å². The van der Waals surface area contributed by atoms with Crippen LogP contribution in [0, 0.1) is 11.8 Å². The molecular formula is C7H4F2N2. The van der Waals surface area contributed by atoms with E-state index >= 15 is 0 Å². The number of fused-ring (bicyclic) bond motifs is 1. The lowest BCUT2D eigenvalue weighted by atomic mass is 10.4. The van der Waals surface area contributed by atoms with Gasteiger partial charge in [-0.3, -0.25) is 4.40 Å². The second kappa shape index (κ2) is 2.02. The van der Waals surface area contributed by atoms with Crippen LogP contribution in [0.3, 0.4) is 0 Å². The summed E-state index contributed by atoms with van der Waals surface area (Å²) in [6, 6.07) is 2.54. The molecule has 0 bridgehead atoms. The van der Waals surface area contributed by atoms with E-state index in [2.05, 4.69) is 4.98 Å². The molecule has 0 aliphatic heterocycles. The first-order chi connectivity index (χ1) is 5.29. The molecule has 2 aromatic heterocycles. The van der Waals surface area contributed by atoms with Crippen LogP contribution in [0.5, 0.6) is 0 Å². The molecule has 0 aliphatic carbocycles. The predicted molar refractivity (Wildman–Crippen MR) is 35.1 cm³/mol. The van der Waals surface area contributed by atoms with E-state index in [1.54, 1.807) is 0 Å². The van der Waals surface area contributed by atoms with Crippen molar-refractivity contribution in [1.82, 2.24) is 9.38 Å². The normalized spacial score (nSPS) is 10.7. The van der Waals surface area contributed by atoms with Crippen molar-refractivity contribution in [2.75, 3.05) is 0 Å². The Bertz CT molecular complexity index is 394. The van der Waals surface area contributed by atoms with Gasteiger partial charge in [-0.2, -0.15) is 4.39 Å². The van der Waals surface area contributed by atoms with Crippen molar-refractivity contribution in [2.24, 2.45) is 0 Å². The monoisotopic (exact) mass is 154 g/mol. The van der Waals surface area contributed by atoms with Crippen LogP contribution in [-0.2, 0) is 0 Å². The zero-order valence-electron chi connectivity index (χ0n) is 5.46. The summed E-state index contributed by atoms with van der Waals surface area (Å²) in [6.07, 6.45) is 2.69. The first-order valence-electron chi connectivity index (χ1n) is 3.05. The Morgan fingerprint density at radius 3 is 2.91 bits per heavy atom. The minimum Gasteiger partial charge on any atom is -0.273 e. The largest absolute Gasteiger partial charge is 0.273 e. The molecule has 0 saturated carbocycles. The smallest absolute Gasteiger partial charge is 0.235 e. The number of rotatable bonds is 0. The first kappa shape index (κ1) is 6.27. The van der Waals surface area contributed by atoms with Gasteiger partial charge in [-0.1, -0.05) is 0 Å². The average Bonchev–Trinajstić information content (AvgIpc) is 2.45. The molecule has 4 heteroatoms. The Hall–Kier alpha value is -1.45. The van der Waals surface area contributed by atoms with E-state index in [0.717, 1.165) is 10.5 Å². The Balaban J connectivity index is 2.93. The maximum absolute atomic E-state index is 12.8. The highest BCUT2D eigenvalue weighted by atomic mass is 19.2. The van der Waals surface area contributed by atoms with Crippen LogP contribution in [0.15, 0.2) is 24.7 Å². The second-order valence-electron chi connectivity index (χ2n) is 2.16. The fourth-order valence-corrected chi connectivity index (χ4v) is 0.935. The zero-order valence-corrected chi connectivity index (χ0v) is 5.46. The van der Waals surface area contributed by atoms with Gasteiger partial charge in [-0.05, 0) is 12.1 Å². The van der Waals surface area contributed by atoms with Gasteiger partial charge in [0.2, 0.25) is 5.95 Å². The van der Waals surface area contributed by atoms with Crippen molar-refractivity contribution in [3.05, 3.63) is 36.4 Å². The van der Waals surface area contributed by atoms with Gasteiger partial charge in [0.1, 0.15) is 6.33 Å². The van der Waals surface area contributed by atoms with Crippen molar-refractivity contribution >= 4 is 5.52 Å². The molecule has 0 fully saturated rings. The Morgan fingerprint density at radius 2 is 2.09 bits per heavy atom. The maximum atomic E-state index is 12.8. The van der Waals surface area contributed by atoms with E-state index in [0.29, 0.717) is 5.52 Å². The Labute approximate surface area is 61.1 Å². The number of pyridine rings is 1. The molecule has 0 amide bonds. The van der Waals surface area contributed by atoms with Crippen molar-refractivity contribution in [2.45, 2.75) is 0 Å². The number of halogens is 2. The topological polar surface area (TPSA) is 17.3 Å². The van der Waals surface area contributed by atoms with Gasteiger partial charge < -0.3 is 0 Å². The lowest BCUT2D eigenvalue weighted by Crippen LogP contribution is -1.93. The van der Waals surface area contributed by atoms with Crippen LogP contribution in [0.1, 0.15) is 0 Å². The van der Waals surface area contributed by atoms with E-state index in [9.17, 15) is 8.78 Å². The molecule has 0 aromatic carbocycles. The van der Waals surface area contributed by atoms with Crippen LogP contribution in [-0.4, -0.2) is 9.38 Å². The molecule has 2 rings (SSSR count). The van der Waals surface area contributed by atoms with Gasteiger partial charge in [0, 0.05) is 0 Å². The standard InChI is InChI=1S/C7H4F2N2/c8-6-2-1-5-3-10-4-11(5)7(6)9/h1-4H. The molecular weight excluding hydrogens is 150 g/mol. The molecule has 2 nitrogen and oxygen atoms in total. The summed E-state index contributed by atoms with van der Waals surface area (Å²) in [6.45, 7) is 0. The van der Waals surface area contributed by atoms with Crippen molar-refractivity contribution < 1.29 is 8.78 Å². The summed E-state index contributed by atoms with van der Waals surface area (Å²) in [5.74, 6) is -1.77. The first-order valence-corrected chi connectivity index (χ1v) is 3.05. The molecule has 0 atom stereocenters. The molecule has 0 unspecified atom stereocenters. The predicted octanol–water partition coefficient (Wildman–Crippen LogP) is 1.61. The summed E-state index contributed by atoms with van der Waals surface area (Å²) in [5.41, 5.74) is 0.545. The summed E-state index contributed by atoms with van der Waals surface area (Å²) < 4.78 is 26.3. The molecule has 2 heterocycles. The fourth-order valence-electron chi connectivity index (χ4n) is 0.935. The highest BCUT2D eigenvalue weighted by molar-refractivity contribution is 5.44. The van der Waals surface area contributed by atoms with Crippen molar-refractivity contribution in [3.63, 3.8) is 0 Å². The van der Waals surface area contributed by atoms with Crippen molar-refractivity contribution in [3.8, 4) is 0 Å². The quantitative estimate of drug-likeness (QED) is 0.527. The third-order valence-electron chi connectivity index (χ3n) is 1.48. The Kier molecular flexibility index (Phi) is 1.15. The second-order valence-corrected chi connectivity index (χ2v) is 2.16. The molecule has 11 heavy (non-hydrogen) atoms. The fraction of sp³-hybridized carbons (Fsp3) is 0. The van der Waals surface area contributed by atoms with E-state index in [1.807, 2.05) is 0 Å². The van der Waals surface area contributed by atoms with Crippen LogP contribution in [0.4, 0.5) is 8.78 Å². The lowest BCUT2D eigenvalue weighted by molar-refractivity contribution is 0.469. The third-order valence-corrected chi connectivity index (χ3v) is 1.48. The SMILES string of the molecule is Fc1ccc2cncn2c1F. The van der Waals surface area contributed by atoms with Gasteiger partial charge in [-0.25, -0.2) is 9.37 Å². The van der Waals surface area contributed by atoms with Crippen LogP contribution in [0.2, 0.25) is 0 Å². The van der Waals surface area contributed by atoms with E-state index in [1.165, 1.54) is 18.6 Å². The highest BCUT2D eigenvalue weighted by Gasteiger charge is 2.04. The van der Waals surface area contributed by atoms with Crippen LogP contribution < -0.4 is 0 Å². The number of hydrogen-bond acceptors (Lipinski definition) is 1. The summed E-state index contributed by atoms with van der Waals surface area (Å²) in [5, 5.41) is 0. The average molecular weight is 154 g/mol. The molecule has 2 aromatic rings. The van der Waals surface area contributed by atoms with Gasteiger partial charge >= 0.3 is 0 Å². The van der Waals surface area contributed by atoms with Gasteiger partial charge in [0.15, 0.2) is 5.82 Å². The number of hydrogen-bond donors (Lipinski definition) is 0.